The van der Waals surface area contributed by atoms with Crippen LogP contribution < -0.4 is 10.1 Å². The average Bonchev–Trinajstić information content (AvgIpc) is 2.59. The molecule has 0 atom stereocenters. The summed E-state index contributed by atoms with van der Waals surface area (Å²) >= 11 is 0. The van der Waals surface area contributed by atoms with Crippen molar-refractivity contribution in [3.8, 4) is 5.75 Å². The molecule has 2 aromatic carbocycles. The van der Waals surface area contributed by atoms with E-state index < -0.39 is 0 Å². The Labute approximate surface area is 137 Å². The van der Waals surface area contributed by atoms with Crippen molar-refractivity contribution in [3.63, 3.8) is 0 Å². The molecule has 0 aromatic heterocycles. The fourth-order valence-corrected chi connectivity index (χ4v) is 2.14. The number of para-hydroxylation sites is 2. The number of anilines is 1. The quantitative estimate of drug-likeness (QED) is 0.761. The zero-order chi connectivity index (χ0) is 16.5. The van der Waals surface area contributed by atoms with Crippen LogP contribution in [-0.4, -0.2) is 31.0 Å². The molecule has 4 heteroatoms. The molecular weight excluding hydrogens is 288 g/mol. The molecule has 0 fully saturated rings. The van der Waals surface area contributed by atoms with Gasteiger partial charge in [0.25, 0.3) is 0 Å². The molecule has 0 saturated carbocycles. The van der Waals surface area contributed by atoms with Crippen molar-refractivity contribution in [2.24, 2.45) is 0 Å². The summed E-state index contributed by atoms with van der Waals surface area (Å²) in [5.41, 5.74) is 1.91. The molecular formula is C19H22N2O2. The van der Waals surface area contributed by atoms with Gasteiger partial charge < -0.3 is 15.0 Å². The van der Waals surface area contributed by atoms with Crippen molar-refractivity contribution in [2.75, 3.05) is 25.5 Å². The van der Waals surface area contributed by atoms with E-state index in [1.807, 2.05) is 54.6 Å². The van der Waals surface area contributed by atoms with Crippen LogP contribution in [0.1, 0.15) is 5.56 Å². The largest absolute Gasteiger partial charge is 0.487 e. The number of hydrogen-bond donors (Lipinski definition) is 1. The van der Waals surface area contributed by atoms with Crippen molar-refractivity contribution in [3.05, 3.63) is 72.8 Å². The topological polar surface area (TPSA) is 41.6 Å². The average molecular weight is 310 g/mol. The van der Waals surface area contributed by atoms with Crippen LogP contribution in [0.4, 0.5) is 5.69 Å². The van der Waals surface area contributed by atoms with E-state index in [-0.39, 0.29) is 12.5 Å². The molecule has 1 amide bonds. The van der Waals surface area contributed by atoms with Gasteiger partial charge in [-0.2, -0.15) is 0 Å². The summed E-state index contributed by atoms with van der Waals surface area (Å²) in [6, 6.07) is 17.5. The number of amides is 1. The normalized spacial score (nSPS) is 9.96. The standard InChI is InChI=1S/C19H22N2O2/c1-3-13-23-18-12-8-7-11-17(18)20-14-19(22)21(2)15-16-9-5-4-6-10-16/h3-12,20H,1,13-15H2,2H3. The maximum absolute atomic E-state index is 12.3. The maximum Gasteiger partial charge on any atom is 0.241 e. The van der Waals surface area contributed by atoms with E-state index in [1.165, 1.54) is 0 Å². The number of nitrogens with one attached hydrogen (secondary N) is 1. The first-order chi connectivity index (χ1) is 11.2. The zero-order valence-corrected chi connectivity index (χ0v) is 13.4. The summed E-state index contributed by atoms with van der Waals surface area (Å²) in [4.78, 5) is 14.0. The number of benzene rings is 2. The third-order valence-electron chi connectivity index (χ3n) is 3.36. The highest BCUT2D eigenvalue weighted by atomic mass is 16.5. The fourth-order valence-electron chi connectivity index (χ4n) is 2.14. The van der Waals surface area contributed by atoms with E-state index in [9.17, 15) is 4.79 Å². The van der Waals surface area contributed by atoms with Crippen LogP contribution in [0.15, 0.2) is 67.3 Å². The van der Waals surface area contributed by atoms with Gasteiger partial charge in [0.05, 0.1) is 12.2 Å². The zero-order valence-electron chi connectivity index (χ0n) is 13.4. The molecule has 0 heterocycles. The van der Waals surface area contributed by atoms with Crippen molar-refractivity contribution in [2.45, 2.75) is 6.54 Å². The SMILES string of the molecule is C=CCOc1ccccc1NCC(=O)N(C)Cc1ccccc1. The summed E-state index contributed by atoms with van der Waals surface area (Å²) in [5.74, 6) is 0.735. The lowest BCUT2D eigenvalue weighted by atomic mass is 10.2. The second-order valence-corrected chi connectivity index (χ2v) is 5.18. The van der Waals surface area contributed by atoms with Gasteiger partial charge in [0, 0.05) is 13.6 Å². The molecule has 2 rings (SSSR count). The van der Waals surface area contributed by atoms with E-state index in [2.05, 4.69) is 11.9 Å². The molecule has 0 saturated heterocycles. The van der Waals surface area contributed by atoms with Crippen LogP contribution in [-0.2, 0) is 11.3 Å². The van der Waals surface area contributed by atoms with Gasteiger partial charge in [0.2, 0.25) is 5.91 Å². The monoisotopic (exact) mass is 310 g/mol. The predicted molar refractivity (Wildman–Crippen MR) is 93.5 cm³/mol. The van der Waals surface area contributed by atoms with E-state index in [0.29, 0.717) is 18.9 Å². The molecule has 1 N–H and O–H groups in total. The Morgan fingerprint density at radius 3 is 2.61 bits per heavy atom. The molecule has 23 heavy (non-hydrogen) atoms. The predicted octanol–water partition coefficient (Wildman–Crippen LogP) is 3.32. The van der Waals surface area contributed by atoms with Gasteiger partial charge in [-0.25, -0.2) is 0 Å². The van der Waals surface area contributed by atoms with Gasteiger partial charge in [-0.15, -0.1) is 0 Å². The minimum atomic E-state index is 0.0207. The number of likely N-dealkylation sites (N-methyl/N-ethyl adjacent to an activating group) is 1. The number of hydrogen-bond acceptors (Lipinski definition) is 3. The lowest BCUT2D eigenvalue weighted by molar-refractivity contribution is -0.128. The van der Waals surface area contributed by atoms with Crippen molar-refractivity contribution < 1.29 is 9.53 Å². The molecule has 0 radical (unpaired) electrons. The molecule has 0 unspecified atom stereocenters. The summed E-state index contributed by atoms with van der Waals surface area (Å²) in [6.45, 7) is 4.88. The Balaban J connectivity index is 1.90. The minimum Gasteiger partial charge on any atom is -0.487 e. The molecule has 0 aliphatic heterocycles. The van der Waals surface area contributed by atoms with Gasteiger partial charge >= 0.3 is 0 Å². The lowest BCUT2D eigenvalue weighted by Gasteiger charge is -2.19. The highest BCUT2D eigenvalue weighted by Crippen LogP contribution is 2.23. The van der Waals surface area contributed by atoms with Crippen molar-refractivity contribution in [1.82, 2.24) is 4.90 Å². The summed E-state index contributed by atoms with van der Waals surface area (Å²) in [6.07, 6.45) is 1.69. The highest BCUT2D eigenvalue weighted by molar-refractivity contribution is 5.81. The summed E-state index contributed by atoms with van der Waals surface area (Å²) in [7, 11) is 1.80. The number of carbonyl (C=O) groups excluding carboxylic acids is 1. The third kappa shape index (κ3) is 5.18. The maximum atomic E-state index is 12.3. The van der Waals surface area contributed by atoms with Crippen LogP contribution in [0.3, 0.4) is 0 Å². The van der Waals surface area contributed by atoms with E-state index in [4.69, 9.17) is 4.74 Å². The van der Waals surface area contributed by atoms with E-state index in [0.717, 1.165) is 11.3 Å². The second-order valence-electron chi connectivity index (χ2n) is 5.18. The molecule has 0 aliphatic rings. The third-order valence-corrected chi connectivity index (χ3v) is 3.36. The summed E-state index contributed by atoms with van der Waals surface area (Å²) in [5, 5.41) is 3.14. The van der Waals surface area contributed by atoms with Crippen LogP contribution >= 0.6 is 0 Å². The van der Waals surface area contributed by atoms with E-state index >= 15 is 0 Å². The van der Waals surface area contributed by atoms with Crippen LogP contribution in [0.2, 0.25) is 0 Å². The van der Waals surface area contributed by atoms with Gasteiger partial charge in [-0.05, 0) is 17.7 Å². The first kappa shape index (κ1) is 16.6. The number of carbonyl (C=O) groups is 1. The van der Waals surface area contributed by atoms with Gasteiger partial charge in [0.15, 0.2) is 0 Å². The first-order valence-corrected chi connectivity index (χ1v) is 7.55. The minimum absolute atomic E-state index is 0.0207. The Morgan fingerprint density at radius 2 is 1.87 bits per heavy atom. The van der Waals surface area contributed by atoms with Crippen molar-refractivity contribution >= 4 is 11.6 Å². The Bertz CT molecular complexity index is 641. The molecule has 0 spiro atoms. The molecule has 120 valence electrons. The molecule has 4 nitrogen and oxygen atoms in total. The van der Waals surface area contributed by atoms with Gasteiger partial charge in [-0.3, -0.25) is 4.79 Å². The van der Waals surface area contributed by atoms with Gasteiger partial charge in [-0.1, -0.05) is 55.1 Å². The first-order valence-electron chi connectivity index (χ1n) is 7.55. The van der Waals surface area contributed by atoms with Crippen LogP contribution in [0.25, 0.3) is 0 Å². The van der Waals surface area contributed by atoms with Crippen LogP contribution in [0.5, 0.6) is 5.75 Å². The Hall–Kier alpha value is -2.75. The number of ether oxygens (including phenoxy) is 1. The molecule has 0 aliphatic carbocycles. The van der Waals surface area contributed by atoms with Gasteiger partial charge in [0.1, 0.15) is 12.4 Å². The Morgan fingerprint density at radius 1 is 1.17 bits per heavy atom. The fraction of sp³-hybridized carbons (Fsp3) is 0.211. The van der Waals surface area contributed by atoms with E-state index in [1.54, 1.807) is 18.0 Å². The second kappa shape index (κ2) is 8.63. The molecule has 0 bridgehead atoms. The van der Waals surface area contributed by atoms with Crippen molar-refractivity contribution in [1.29, 1.82) is 0 Å². The lowest BCUT2D eigenvalue weighted by Crippen LogP contribution is -2.31. The Kier molecular flexibility index (Phi) is 6.24. The summed E-state index contributed by atoms with van der Waals surface area (Å²) < 4.78 is 5.57. The van der Waals surface area contributed by atoms with Crippen LogP contribution in [0, 0.1) is 0 Å². The number of rotatable bonds is 8. The number of nitrogens with zero attached hydrogens (tertiary/aromatic N) is 1. The molecule has 2 aromatic rings. The highest BCUT2D eigenvalue weighted by Gasteiger charge is 2.10. The smallest absolute Gasteiger partial charge is 0.241 e.